The molecule has 0 spiro atoms. The first-order valence-electron chi connectivity index (χ1n) is 8.57. The number of hydrogen-bond donors (Lipinski definition) is 3. The highest BCUT2D eigenvalue weighted by Crippen LogP contribution is 2.21. The van der Waals surface area contributed by atoms with Gasteiger partial charge in [0.15, 0.2) is 5.96 Å². The average Bonchev–Trinajstić information content (AvgIpc) is 2.69. The van der Waals surface area contributed by atoms with E-state index in [1.165, 1.54) is 23.1 Å². The lowest BCUT2D eigenvalue weighted by Crippen LogP contribution is -2.36. The fraction of sp³-hybridized carbons (Fsp3) is 0.300. The number of anilines is 1. The van der Waals surface area contributed by atoms with E-state index in [1.54, 1.807) is 18.8 Å². The summed E-state index contributed by atoms with van der Waals surface area (Å²) in [5.41, 5.74) is 4.27. The summed E-state index contributed by atoms with van der Waals surface area (Å²) in [7, 11) is 3.09. The largest absolute Gasteiger partial charge is 0.453 e. The van der Waals surface area contributed by atoms with Crippen molar-refractivity contribution in [2.75, 3.05) is 25.7 Å². The third-order valence-corrected chi connectivity index (χ3v) is 4.78. The zero-order valence-corrected chi connectivity index (χ0v) is 16.9. The van der Waals surface area contributed by atoms with Crippen LogP contribution in [0, 0.1) is 6.92 Å². The molecule has 6 nitrogen and oxygen atoms in total. The molecule has 2 aromatic rings. The lowest BCUT2D eigenvalue weighted by molar-refractivity contribution is 0.187. The van der Waals surface area contributed by atoms with Gasteiger partial charge in [-0.3, -0.25) is 10.3 Å². The Bertz CT molecular complexity index is 791. The Balaban J connectivity index is 1.88. The predicted octanol–water partition coefficient (Wildman–Crippen LogP) is 3.76. The van der Waals surface area contributed by atoms with Crippen LogP contribution in [0.1, 0.15) is 16.7 Å². The molecule has 7 heteroatoms. The van der Waals surface area contributed by atoms with E-state index in [0.29, 0.717) is 18.8 Å². The van der Waals surface area contributed by atoms with Gasteiger partial charge in [-0.1, -0.05) is 24.3 Å². The van der Waals surface area contributed by atoms with Crippen LogP contribution < -0.4 is 16.0 Å². The second-order valence-corrected chi connectivity index (χ2v) is 6.76. The van der Waals surface area contributed by atoms with E-state index in [9.17, 15) is 4.79 Å². The maximum atomic E-state index is 11.2. The monoisotopic (exact) mass is 386 g/mol. The van der Waals surface area contributed by atoms with Crippen LogP contribution in [0.4, 0.5) is 10.5 Å². The van der Waals surface area contributed by atoms with Crippen molar-refractivity contribution in [2.24, 2.45) is 4.99 Å². The number of nitrogens with one attached hydrogen (secondary N) is 3. The minimum Gasteiger partial charge on any atom is -0.453 e. The van der Waals surface area contributed by atoms with Crippen LogP contribution in [-0.2, 0) is 17.8 Å². The molecule has 0 aromatic heterocycles. The van der Waals surface area contributed by atoms with E-state index in [2.05, 4.69) is 57.1 Å². The number of methoxy groups -OCH3 is 1. The molecule has 3 N–H and O–H groups in total. The first-order chi connectivity index (χ1) is 13.0. The number of benzene rings is 2. The fourth-order valence-corrected chi connectivity index (χ4v) is 3.16. The molecule has 0 fully saturated rings. The van der Waals surface area contributed by atoms with E-state index < -0.39 is 6.09 Å². The predicted molar refractivity (Wildman–Crippen MR) is 112 cm³/mol. The minimum absolute atomic E-state index is 0.480. The van der Waals surface area contributed by atoms with E-state index in [4.69, 9.17) is 0 Å². The molecule has 0 saturated carbocycles. The first kappa shape index (κ1) is 20.6. The second kappa shape index (κ2) is 10.5. The molecule has 0 aliphatic carbocycles. The van der Waals surface area contributed by atoms with E-state index in [1.807, 2.05) is 24.3 Å². The van der Waals surface area contributed by atoms with Gasteiger partial charge >= 0.3 is 6.09 Å². The lowest BCUT2D eigenvalue weighted by atomic mass is 10.1. The Hall–Kier alpha value is -2.67. The summed E-state index contributed by atoms with van der Waals surface area (Å²) in [5, 5.41) is 9.27. The Morgan fingerprint density at radius 2 is 1.81 bits per heavy atom. The highest BCUT2D eigenvalue weighted by atomic mass is 32.2. The standard InChI is InChI=1S/C20H26N4O2S/c1-14-5-8-16(18(11-14)27-4)13-23-19(21-2)22-12-15-6-9-17(10-7-15)24-20(25)26-3/h5-11H,12-13H2,1-4H3,(H,24,25)(H2,21,22,23). The van der Waals surface area contributed by atoms with Gasteiger partial charge in [0, 0.05) is 30.7 Å². The zero-order chi connectivity index (χ0) is 19.6. The van der Waals surface area contributed by atoms with Gasteiger partial charge in [-0.15, -0.1) is 11.8 Å². The van der Waals surface area contributed by atoms with Gasteiger partial charge in [0.2, 0.25) is 0 Å². The Morgan fingerprint density at radius 3 is 2.44 bits per heavy atom. The molecule has 0 atom stereocenters. The second-order valence-electron chi connectivity index (χ2n) is 5.91. The van der Waals surface area contributed by atoms with Crippen LogP contribution in [-0.4, -0.2) is 32.5 Å². The highest BCUT2D eigenvalue weighted by Gasteiger charge is 2.05. The maximum absolute atomic E-state index is 11.2. The number of carbonyl (C=O) groups is 1. The van der Waals surface area contributed by atoms with Crippen LogP contribution in [0.2, 0.25) is 0 Å². The van der Waals surface area contributed by atoms with Crippen molar-refractivity contribution >= 4 is 29.5 Å². The molecule has 0 bridgehead atoms. The van der Waals surface area contributed by atoms with E-state index >= 15 is 0 Å². The molecular formula is C20H26N4O2S. The van der Waals surface area contributed by atoms with Crippen LogP contribution in [0.5, 0.6) is 0 Å². The smallest absolute Gasteiger partial charge is 0.411 e. The van der Waals surface area contributed by atoms with Crippen molar-refractivity contribution in [1.29, 1.82) is 0 Å². The van der Waals surface area contributed by atoms with Crippen molar-refractivity contribution in [3.63, 3.8) is 0 Å². The van der Waals surface area contributed by atoms with Crippen LogP contribution in [0.15, 0.2) is 52.4 Å². The number of aliphatic imine (C=N–C) groups is 1. The average molecular weight is 387 g/mol. The normalized spacial score (nSPS) is 11.0. The molecule has 1 amide bonds. The molecule has 0 aliphatic heterocycles. The number of amides is 1. The Kier molecular flexibility index (Phi) is 8.00. The highest BCUT2D eigenvalue weighted by molar-refractivity contribution is 7.98. The Labute approximate surface area is 164 Å². The third kappa shape index (κ3) is 6.53. The summed E-state index contributed by atoms with van der Waals surface area (Å²) in [4.78, 5) is 16.7. The summed E-state index contributed by atoms with van der Waals surface area (Å²) >= 11 is 1.75. The van der Waals surface area contributed by atoms with Crippen LogP contribution >= 0.6 is 11.8 Å². The van der Waals surface area contributed by atoms with Gasteiger partial charge in [0.05, 0.1) is 7.11 Å². The first-order valence-corrected chi connectivity index (χ1v) is 9.80. The number of thioether (sulfide) groups is 1. The molecule has 0 unspecified atom stereocenters. The number of nitrogens with zero attached hydrogens (tertiary/aromatic N) is 1. The van der Waals surface area contributed by atoms with E-state index in [0.717, 1.165) is 11.5 Å². The maximum Gasteiger partial charge on any atom is 0.411 e. The van der Waals surface area contributed by atoms with Gasteiger partial charge in [0.1, 0.15) is 0 Å². The summed E-state index contributed by atoms with van der Waals surface area (Å²) in [6.07, 6.45) is 1.61. The summed E-state index contributed by atoms with van der Waals surface area (Å²) in [6, 6.07) is 14.0. The summed E-state index contributed by atoms with van der Waals surface area (Å²) in [6.45, 7) is 3.43. The Morgan fingerprint density at radius 1 is 1.11 bits per heavy atom. The minimum atomic E-state index is -0.480. The van der Waals surface area contributed by atoms with Crippen LogP contribution in [0.25, 0.3) is 0 Å². The summed E-state index contributed by atoms with van der Waals surface area (Å²) < 4.78 is 4.58. The number of carbonyl (C=O) groups excluding carboxylic acids is 1. The number of ether oxygens (including phenoxy) is 1. The molecule has 2 aromatic carbocycles. The molecule has 0 saturated heterocycles. The number of hydrogen-bond acceptors (Lipinski definition) is 4. The van der Waals surface area contributed by atoms with Crippen molar-refractivity contribution in [1.82, 2.24) is 10.6 Å². The topological polar surface area (TPSA) is 74.8 Å². The van der Waals surface area contributed by atoms with E-state index in [-0.39, 0.29) is 0 Å². The summed E-state index contributed by atoms with van der Waals surface area (Å²) in [5.74, 6) is 0.736. The van der Waals surface area contributed by atoms with Crippen molar-refractivity contribution in [3.8, 4) is 0 Å². The number of aryl methyl sites for hydroxylation is 1. The SMILES string of the molecule is CN=C(NCc1ccc(NC(=O)OC)cc1)NCc1ccc(C)cc1SC. The van der Waals surface area contributed by atoms with Crippen molar-refractivity contribution in [2.45, 2.75) is 24.9 Å². The van der Waals surface area contributed by atoms with Crippen molar-refractivity contribution < 1.29 is 9.53 Å². The molecule has 0 radical (unpaired) electrons. The van der Waals surface area contributed by atoms with Crippen LogP contribution in [0.3, 0.4) is 0 Å². The molecule has 2 rings (SSSR count). The quantitative estimate of drug-likeness (QED) is 0.400. The zero-order valence-electron chi connectivity index (χ0n) is 16.1. The lowest BCUT2D eigenvalue weighted by Gasteiger charge is -2.14. The molecule has 27 heavy (non-hydrogen) atoms. The number of rotatable bonds is 6. The van der Waals surface area contributed by atoms with Gasteiger partial charge in [-0.2, -0.15) is 0 Å². The fourth-order valence-electron chi connectivity index (χ4n) is 2.46. The van der Waals surface area contributed by atoms with Crippen molar-refractivity contribution in [3.05, 3.63) is 59.2 Å². The van der Waals surface area contributed by atoms with Gasteiger partial charge in [0.25, 0.3) is 0 Å². The third-order valence-electron chi connectivity index (χ3n) is 3.96. The van der Waals surface area contributed by atoms with Gasteiger partial charge < -0.3 is 15.4 Å². The molecular weight excluding hydrogens is 360 g/mol. The number of guanidine groups is 1. The van der Waals surface area contributed by atoms with Gasteiger partial charge in [-0.25, -0.2) is 4.79 Å². The van der Waals surface area contributed by atoms with Gasteiger partial charge in [-0.05, 0) is 48.1 Å². The molecule has 0 aliphatic rings. The molecule has 144 valence electrons. The molecule has 0 heterocycles.